The van der Waals surface area contributed by atoms with Gasteiger partial charge in [-0.05, 0) is 26.8 Å². The van der Waals surface area contributed by atoms with Crippen molar-refractivity contribution < 1.29 is 18.0 Å². The number of thiazole rings is 1. The molecule has 0 spiro atoms. The van der Waals surface area contributed by atoms with E-state index in [0.717, 1.165) is 21.3 Å². The second-order valence-corrected chi connectivity index (χ2v) is 5.74. The monoisotopic (exact) mass is 318 g/mol. The van der Waals surface area contributed by atoms with Crippen LogP contribution in [0.2, 0.25) is 0 Å². The maximum Gasteiger partial charge on any atom is 0.435 e. The number of carbonyl (C=O) groups is 1. The molecule has 2 heterocycles. The Labute approximate surface area is 122 Å². The second kappa shape index (κ2) is 5.47. The highest BCUT2D eigenvalue weighted by Crippen LogP contribution is 2.28. The lowest BCUT2D eigenvalue weighted by Crippen LogP contribution is -2.20. The number of anilines is 1. The molecule has 21 heavy (non-hydrogen) atoms. The fourth-order valence-electron chi connectivity index (χ4n) is 1.63. The smallest absolute Gasteiger partial charge is 0.300 e. The van der Waals surface area contributed by atoms with Gasteiger partial charge in [0, 0.05) is 10.6 Å². The van der Waals surface area contributed by atoms with E-state index in [1.165, 1.54) is 18.3 Å². The van der Waals surface area contributed by atoms with Crippen molar-refractivity contribution in [3.8, 4) is 0 Å². The Morgan fingerprint density at radius 3 is 2.52 bits per heavy atom. The molecule has 2 aromatic rings. The Bertz CT molecular complexity index is 655. The summed E-state index contributed by atoms with van der Waals surface area (Å²) in [6, 6.07) is 0.908. The molecule has 9 heteroatoms. The first-order valence-electron chi connectivity index (χ1n) is 6.02. The first-order chi connectivity index (χ1) is 9.66. The van der Waals surface area contributed by atoms with Crippen molar-refractivity contribution in [3.05, 3.63) is 28.0 Å². The van der Waals surface area contributed by atoms with Crippen LogP contribution in [0.5, 0.6) is 0 Å². The van der Waals surface area contributed by atoms with Crippen LogP contribution >= 0.6 is 11.3 Å². The summed E-state index contributed by atoms with van der Waals surface area (Å²) in [5.41, 5.74) is 0.0719. The first-order valence-corrected chi connectivity index (χ1v) is 6.84. The second-order valence-electron chi connectivity index (χ2n) is 4.54. The molecule has 0 aliphatic rings. The van der Waals surface area contributed by atoms with Gasteiger partial charge in [0.05, 0.1) is 5.69 Å². The molecular formula is C12H13F3N4OS. The van der Waals surface area contributed by atoms with Crippen molar-refractivity contribution in [3.63, 3.8) is 0 Å². The number of hydrogen-bond donors (Lipinski definition) is 1. The topological polar surface area (TPSA) is 59.8 Å². The maximum atomic E-state index is 12.5. The molecule has 0 aliphatic heterocycles. The van der Waals surface area contributed by atoms with E-state index in [2.05, 4.69) is 15.4 Å². The lowest BCUT2D eigenvalue weighted by atomic mass is 10.3. The van der Waals surface area contributed by atoms with Crippen molar-refractivity contribution in [2.24, 2.45) is 0 Å². The number of carbonyl (C=O) groups excluding carboxylic acids is 1. The molecule has 1 amide bonds. The summed E-state index contributed by atoms with van der Waals surface area (Å²) >= 11 is 1.31. The summed E-state index contributed by atoms with van der Waals surface area (Å²) in [5.74, 6) is -0.469. The number of nitrogens with one attached hydrogen (secondary N) is 1. The molecule has 5 nitrogen and oxygen atoms in total. The molecular weight excluding hydrogens is 305 g/mol. The van der Waals surface area contributed by atoms with Crippen molar-refractivity contribution in [1.82, 2.24) is 14.8 Å². The molecule has 0 radical (unpaired) electrons. The van der Waals surface area contributed by atoms with E-state index in [1.54, 1.807) is 0 Å². The van der Waals surface area contributed by atoms with Crippen molar-refractivity contribution in [2.45, 2.75) is 33.5 Å². The van der Waals surface area contributed by atoms with Crippen LogP contribution in [0.15, 0.2) is 6.07 Å². The third-order valence-corrected chi connectivity index (χ3v) is 3.83. The standard InChI is InChI=1S/C12H13F3N4OS/c1-6-4-9(12(13,14)15)18-19(6)5-10(20)17-11-16-7(2)8(3)21-11/h4H,5H2,1-3H3,(H,16,17,20). The van der Waals surface area contributed by atoms with E-state index >= 15 is 0 Å². The predicted octanol–water partition coefficient (Wildman–Crippen LogP) is 2.92. The zero-order chi connectivity index (χ0) is 15.8. The van der Waals surface area contributed by atoms with Gasteiger partial charge in [-0.1, -0.05) is 0 Å². The van der Waals surface area contributed by atoms with E-state index in [1.807, 2.05) is 13.8 Å². The van der Waals surface area contributed by atoms with Crippen LogP contribution < -0.4 is 5.32 Å². The van der Waals surface area contributed by atoms with Crippen LogP contribution in [0.4, 0.5) is 18.3 Å². The summed E-state index contributed by atoms with van der Waals surface area (Å²) in [7, 11) is 0. The zero-order valence-corrected chi connectivity index (χ0v) is 12.4. The van der Waals surface area contributed by atoms with Crippen molar-refractivity contribution >= 4 is 22.4 Å². The van der Waals surface area contributed by atoms with Gasteiger partial charge < -0.3 is 5.32 Å². The fraction of sp³-hybridized carbons (Fsp3) is 0.417. The van der Waals surface area contributed by atoms with Crippen LogP contribution in [-0.2, 0) is 17.5 Å². The maximum absolute atomic E-state index is 12.5. The summed E-state index contributed by atoms with van der Waals surface area (Å²) < 4.78 is 38.6. The summed E-state index contributed by atoms with van der Waals surface area (Å²) in [6.45, 7) is 4.86. The highest BCUT2D eigenvalue weighted by molar-refractivity contribution is 7.15. The van der Waals surface area contributed by atoms with Gasteiger partial charge in [0.25, 0.3) is 0 Å². The van der Waals surface area contributed by atoms with Crippen molar-refractivity contribution in [1.29, 1.82) is 0 Å². The molecule has 0 saturated heterocycles. The van der Waals surface area contributed by atoms with Crippen molar-refractivity contribution in [2.75, 3.05) is 5.32 Å². The van der Waals surface area contributed by atoms with Gasteiger partial charge in [0.15, 0.2) is 10.8 Å². The average Bonchev–Trinajstić information content (AvgIpc) is 2.83. The molecule has 114 valence electrons. The van der Waals surface area contributed by atoms with E-state index in [-0.39, 0.29) is 12.2 Å². The van der Waals surface area contributed by atoms with Crippen LogP contribution in [-0.4, -0.2) is 20.7 Å². The van der Waals surface area contributed by atoms with E-state index in [4.69, 9.17) is 0 Å². The van der Waals surface area contributed by atoms with Crippen LogP contribution in [0, 0.1) is 20.8 Å². The van der Waals surface area contributed by atoms with E-state index < -0.39 is 17.8 Å². The molecule has 0 saturated carbocycles. The Hall–Kier alpha value is -1.90. The van der Waals surface area contributed by atoms with Gasteiger partial charge in [-0.15, -0.1) is 11.3 Å². The highest BCUT2D eigenvalue weighted by Gasteiger charge is 2.34. The Morgan fingerprint density at radius 2 is 2.05 bits per heavy atom. The number of aryl methyl sites for hydroxylation is 3. The molecule has 0 aromatic carbocycles. The lowest BCUT2D eigenvalue weighted by Gasteiger charge is -2.04. The normalized spacial score (nSPS) is 11.7. The molecule has 1 N–H and O–H groups in total. The third-order valence-electron chi connectivity index (χ3n) is 2.84. The Kier molecular flexibility index (Phi) is 4.04. The molecule has 2 aromatic heterocycles. The minimum Gasteiger partial charge on any atom is -0.300 e. The Balaban J connectivity index is 2.08. The number of aromatic nitrogens is 3. The molecule has 0 unspecified atom stereocenters. The number of alkyl halides is 3. The lowest BCUT2D eigenvalue weighted by molar-refractivity contribution is -0.141. The molecule has 0 fully saturated rings. The Morgan fingerprint density at radius 1 is 1.38 bits per heavy atom. The van der Waals surface area contributed by atoms with Crippen LogP contribution in [0.25, 0.3) is 0 Å². The first kappa shape index (κ1) is 15.5. The quantitative estimate of drug-likeness (QED) is 0.946. The SMILES string of the molecule is Cc1nc(NC(=O)Cn2nc(C(F)(F)F)cc2C)sc1C. The fourth-order valence-corrected chi connectivity index (χ4v) is 2.46. The molecule has 0 atom stereocenters. The van der Waals surface area contributed by atoms with Crippen LogP contribution in [0.3, 0.4) is 0 Å². The third kappa shape index (κ3) is 3.60. The van der Waals surface area contributed by atoms with Gasteiger partial charge in [-0.2, -0.15) is 18.3 Å². The summed E-state index contributed by atoms with van der Waals surface area (Å²) in [4.78, 5) is 16.9. The minimum absolute atomic E-state index is 0.268. The van der Waals surface area contributed by atoms with Crippen LogP contribution in [0.1, 0.15) is 22.0 Å². The largest absolute Gasteiger partial charge is 0.435 e. The van der Waals surface area contributed by atoms with Gasteiger partial charge in [-0.25, -0.2) is 4.98 Å². The summed E-state index contributed by atoms with van der Waals surface area (Å²) in [5, 5.41) is 6.38. The number of hydrogen-bond acceptors (Lipinski definition) is 4. The average molecular weight is 318 g/mol. The zero-order valence-electron chi connectivity index (χ0n) is 11.6. The number of rotatable bonds is 3. The van der Waals surface area contributed by atoms with E-state index in [9.17, 15) is 18.0 Å². The van der Waals surface area contributed by atoms with Gasteiger partial charge in [0.2, 0.25) is 5.91 Å². The number of amides is 1. The number of halogens is 3. The molecule has 2 rings (SSSR count). The highest BCUT2D eigenvalue weighted by atomic mass is 32.1. The van der Waals surface area contributed by atoms with E-state index in [0.29, 0.717) is 5.13 Å². The molecule has 0 aliphatic carbocycles. The predicted molar refractivity (Wildman–Crippen MR) is 72.2 cm³/mol. The molecule has 0 bridgehead atoms. The summed E-state index contributed by atoms with van der Waals surface area (Å²) in [6.07, 6.45) is -4.52. The number of nitrogens with zero attached hydrogens (tertiary/aromatic N) is 3. The minimum atomic E-state index is -4.52. The van der Waals surface area contributed by atoms with Gasteiger partial charge in [-0.3, -0.25) is 9.48 Å². The van der Waals surface area contributed by atoms with Gasteiger partial charge >= 0.3 is 6.18 Å². The van der Waals surface area contributed by atoms with Gasteiger partial charge in [0.1, 0.15) is 6.54 Å².